The Morgan fingerprint density at radius 3 is 2.79 bits per heavy atom. The van der Waals surface area contributed by atoms with E-state index in [-0.39, 0.29) is 5.91 Å². The third-order valence-corrected chi connectivity index (χ3v) is 4.27. The monoisotopic (exact) mass is 343 g/mol. The molecule has 2 rings (SSSR count). The van der Waals surface area contributed by atoms with Gasteiger partial charge >= 0.3 is 0 Å². The van der Waals surface area contributed by atoms with Crippen LogP contribution in [0.2, 0.25) is 0 Å². The molecule has 0 fully saturated rings. The summed E-state index contributed by atoms with van der Waals surface area (Å²) in [6.45, 7) is 8.38. The molecule has 0 aliphatic carbocycles. The van der Waals surface area contributed by atoms with E-state index in [2.05, 4.69) is 18.1 Å². The second-order valence-electron chi connectivity index (χ2n) is 4.95. The Kier molecular flexibility index (Phi) is 6.69. The van der Waals surface area contributed by atoms with Crippen LogP contribution in [0.15, 0.2) is 67.1 Å². The number of benzene rings is 1. The van der Waals surface area contributed by atoms with Crippen LogP contribution in [-0.4, -0.2) is 46.3 Å². The van der Waals surface area contributed by atoms with E-state index in [1.807, 2.05) is 35.0 Å². The summed E-state index contributed by atoms with van der Waals surface area (Å²) in [7, 11) is 1.63. The quantitative estimate of drug-likeness (QED) is 0.518. The Morgan fingerprint density at radius 2 is 2.12 bits per heavy atom. The summed E-state index contributed by atoms with van der Waals surface area (Å²) in [4.78, 5) is 18.4. The highest BCUT2D eigenvalue weighted by atomic mass is 32.2. The summed E-state index contributed by atoms with van der Waals surface area (Å²) in [6, 6.07) is 7.70. The van der Waals surface area contributed by atoms with E-state index >= 15 is 0 Å². The van der Waals surface area contributed by atoms with Crippen molar-refractivity contribution in [2.45, 2.75) is 5.16 Å². The molecule has 0 aliphatic rings. The summed E-state index contributed by atoms with van der Waals surface area (Å²) in [5, 5.41) is 0.758. The van der Waals surface area contributed by atoms with Crippen LogP contribution in [0.4, 0.5) is 0 Å². The van der Waals surface area contributed by atoms with Gasteiger partial charge in [-0.25, -0.2) is 4.98 Å². The Morgan fingerprint density at radius 1 is 1.38 bits per heavy atom. The van der Waals surface area contributed by atoms with Crippen LogP contribution in [0, 0.1) is 0 Å². The molecule has 0 spiro atoms. The normalized spacial score (nSPS) is 10.2. The third kappa shape index (κ3) is 4.52. The highest BCUT2D eigenvalue weighted by Crippen LogP contribution is 2.23. The van der Waals surface area contributed by atoms with Gasteiger partial charge in [0.1, 0.15) is 5.75 Å². The van der Waals surface area contributed by atoms with Crippen LogP contribution in [0.1, 0.15) is 0 Å². The summed E-state index contributed by atoms with van der Waals surface area (Å²) >= 11 is 1.40. The molecule has 126 valence electrons. The third-order valence-electron chi connectivity index (χ3n) is 3.31. The van der Waals surface area contributed by atoms with Crippen molar-refractivity contribution < 1.29 is 9.53 Å². The van der Waals surface area contributed by atoms with E-state index < -0.39 is 0 Å². The van der Waals surface area contributed by atoms with Crippen LogP contribution in [0.25, 0.3) is 5.69 Å². The highest BCUT2D eigenvalue weighted by molar-refractivity contribution is 7.99. The fraction of sp³-hybridized carbons (Fsp3) is 0.222. The minimum absolute atomic E-state index is 0.0278. The molecular formula is C18H21N3O2S. The molecular weight excluding hydrogens is 322 g/mol. The zero-order valence-electron chi connectivity index (χ0n) is 13.7. The van der Waals surface area contributed by atoms with Crippen LogP contribution in [0.3, 0.4) is 0 Å². The molecule has 0 atom stereocenters. The van der Waals surface area contributed by atoms with Crippen molar-refractivity contribution in [2.24, 2.45) is 0 Å². The lowest BCUT2D eigenvalue weighted by molar-refractivity contribution is -0.127. The summed E-state index contributed by atoms with van der Waals surface area (Å²) in [5.41, 5.74) is 0.941. The first-order chi connectivity index (χ1) is 11.7. The Balaban J connectivity index is 2.09. The van der Waals surface area contributed by atoms with E-state index in [0.717, 1.165) is 16.6 Å². The fourth-order valence-corrected chi connectivity index (χ4v) is 3.04. The number of rotatable bonds is 9. The number of carbonyl (C=O) groups is 1. The second kappa shape index (κ2) is 8.98. The van der Waals surface area contributed by atoms with Gasteiger partial charge in [-0.05, 0) is 12.1 Å². The lowest BCUT2D eigenvalue weighted by atomic mass is 10.3. The van der Waals surface area contributed by atoms with Crippen molar-refractivity contribution in [1.82, 2.24) is 14.5 Å². The number of hydrogen-bond donors (Lipinski definition) is 0. The number of aromatic nitrogens is 2. The number of carbonyl (C=O) groups excluding carboxylic acids is 1. The smallest absolute Gasteiger partial charge is 0.233 e. The summed E-state index contributed by atoms with van der Waals surface area (Å²) in [5.74, 6) is 1.11. The molecule has 0 N–H and O–H groups in total. The van der Waals surface area contributed by atoms with Gasteiger partial charge in [-0.3, -0.25) is 9.36 Å². The van der Waals surface area contributed by atoms with Gasteiger partial charge in [-0.1, -0.05) is 30.0 Å². The Hall–Kier alpha value is -2.47. The standard InChI is InChI=1S/C18H21N3O2S/c1-4-10-20(11-5-2)17(22)14-24-18-19-9-12-21(18)15-7-6-8-16(13-15)23-3/h4-9,12-13H,1-2,10-11,14H2,3H3. The van der Waals surface area contributed by atoms with E-state index in [1.54, 1.807) is 30.4 Å². The number of ether oxygens (including phenoxy) is 1. The first-order valence-electron chi connectivity index (χ1n) is 7.49. The lowest BCUT2D eigenvalue weighted by Crippen LogP contribution is -2.32. The molecule has 24 heavy (non-hydrogen) atoms. The summed E-state index contributed by atoms with van der Waals surface area (Å²) < 4.78 is 7.19. The van der Waals surface area contributed by atoms with Crippen LogP contribution in [-0.2, 0) is 4.79 Å². The molecule has 0 bridgehead atoms. The fourth-order valence-electron chi connectivity index (χ4n) is 2.16. The first kappa shape index (κ1) is 17.9. The van der Waals surface area contributed by atoms with E-state index in [4.69, 9.17) is 4.74 Å². The summed E-state index contributed by atoms with van der Waals surface area (Å²) in [6.07, 6.45) is 7.01. The second-order valence-corrected chi connectivity index (χ2v) is 5.89. The van der Waals surface area contributed by atoms with Crippen molar-refractivity contribution in [1.29, 1.82) is 0 Å². The van der Waals surface area contributed by atoms with Crippen molar-refractivity contribution in [3.63, 3.8) is 0 Å². The highest BCUT2D eigenvalue weighted by Gasteiger charge is 2.14. The largest absolute Gasteiger partial charge is 0.497 e. The lowest BCUT2D eigenvalue weighted by Gasteiger charge is -2.19. The maximum atomic E-state index is 12.3. The SMILES string of the molecule is C=CCN(CC=C)C(=O)CSc1nccn1-c1cccc(OC)c1. The van der Waals surface area contributed by atoms with Gasteiger partial charge in [0.15, 0.2) is 5.16 Å². The molecule has 0 aliphatic heterocycles. The van der Waals surface area contributed by atoms with Crippen LogP contribution < -0.4 is 4.74 Å². The molecule has 1 amide bonds. The predicted octanol–water partition coefficient (Wildman–Crippen LogP) is 3.17. The van der Waals surface area contributed by atoms with Gasteiger partial charge in [0.2, 0.25) is 5.91 Å². The molecule has 1 aromatic heterocycles. The van der Waals surface area contributed by atoms with Crippen LogP contribution >= 0.6 is 11.8 Å². The average molecular weight is 343 g/mol. The first-order valence-corrected chi connectivity index (χ1v) is 8.48. The van der Waals surface area contributed by atoms with E-state index in [0.29, 0.717) is 18.8 Å². The molecule has 2 aromatic rings. The molecule has 1 aromatic carbocycles. The van der Waals surface area contributed by atoms with E-state index in [9.17, 15) is 4.79 Å². The van der Waals surface area contributed by atoms with Gasteiger partial charge in [0.05, 0.1) is 18.6 Å². The van der Waals surface area contributed by atoms with Gasteiger partial charge < -0.3 is 9.64 Å². The predicted molar refractivity (Wildman–Crippen MR) is 97.8 cm³/mol. The number of hydrogen-bond acceptors (Lipinski definition) is 4. The number of nitrogens with zero attached hydrogens (tertiary/aromatic N) is 3. The molecule has 0 saturated carbocycles. The van der Waals surface area contributed by atoms with Crippen molar-refractivity contribution >= 4 is 17.7 Å². The molecule has 0 unspecified atom stereocenters. The minimum atomic E-state index is 0.0278. The van der Waals surface area contributed by atoms with Gasteiger partial charge in [-0.2, -0.15) is 0 Å². The van der Waals surface area contributed by atoms with Crippen molar-refractivity contribution in [3.8, 4) is 11.4 Å². The minimum Gasteiger partial charge on any atom is -0.497 e. The van der Waals surface area contributed by atoms with Crippen molar-refractivity contribution in [2.75, 3.05) is 26.0 Å². The number of methoxy groups -OCH3 is 1. The molecule has 5 nitrogen and oxygen atoms in total. The molecule has 0 radical (unpaired) electrons. The zero-order valence-corrected chi connectivity index (χ0v) is 14.5. The Bertz CT molecular complexity index is 702. The molecule has 0 saturated heterocycles. The Labute approximate surface area is 146 Å². The number of amides is 1. The van der Waals surface area contributed by atoms with Crippen molar-refractivity contribution in [3.05, 3.63) is 62.0 Å². The topological polar surface area (TPSA) is 47.4 Å². The maximum absolute atomic E-state index is 12.3. The number of thioether (sulfide) groups is 1. The van der Waals surface area contributed by atoms with E-state index in [1.165, 1.54) is 11.8 Å². The maximum Gasteiger partial charge on any atom is 0.233 e. The molecule has 1 heterocycles. The van der Waals surface area contributed by atoms with Gasteiger partial charge in [0.25, 0.3) is 0 Å². The van der Waals surface area contributed by atoms with Crippen LogP contribution in [0.5, 0.6) is 5.75 Å². The van der Waals surface area contributed by atoms with Gasteiger partial charge in [-0.15, -0.1) is 13.2 Å². The zero-order chi connectivity index (χ0) is 17.4. The van der Waals surface area contributed by atoms with Gasteiger partial charge in [0, 0.05) is 31.5 Å². The average Bonchev–Trinajstić information content (AvgIpc) is 3.08. The molecule has 6 heteroatoms. The number of imidazole rings is 1.